The summed E-state index contributed by atoms with van der Waals surface area (Å²) in [6.45, 7) is -0.877. The summed E-state index contributed by atoms with van der Waals surface area (Å²) in [6, 6.07) is 2.67. The molecule has 4 N–H and O–H groups in total. The number of aromatic nitrogens is 2. The van der Waals surface area contributed by atoms with Crippen molar-refractivity contribution in [2.75, 3.05) is 13.1 Å². The average Bonchev–Trinajstić information content (AvgIpc) is 2.27. The number of carbonyl (C=O) groups excluding carboxylic acids is 3. The van der Waals surface area contributed by atoms with Crippen LogP contribution in [0.25, 0.3) is 0 Å². The monoisotopic (exact) mass is 271 g/mol. The van der Waals surface area contributed by atoms with Gasteiger partial charge >= 0.3 is 0 Å². The smallest absolute Gasteiger partial charge is 0.275 e. The molecule has 1 aromatic heterocycles. The van der Waals surface area contributed by atoms with Crippen LogP contribution < -0.4 is 11.5 Å². The second-order valence-corrected chi connectivity index (χ2v) is 3.72. The van der Waals surface area contributed by atoms with Crippen LogP contribution in [0.15, 0.2) is 12.1 Å². The molecule has 0 fully saturated rings. The van der Waals surface area contributed by atoms with Gasteiger partial charge in [-0.3, -0.25) is 14.4 Å². The maximum absolute atomic E-state index is 11.9. The molecular formula is C9H10ClN5O3. The molecular weight excluding hydrogens is 262 g/mol. The van der Waals surface area contributed by atoms with Crippen LogP contribution >= 0.6 is 11.6 Å². The van der Waals surface area contributed by atoms with Gasteiger partial charge in [-0.2, -0.15) is 0 Å². The molecule has 0 aliphatic rings. The summed E-state index contributed by atoms with van der Waals surface area (Å²) in [7, 11) is 0. The summed E-state index contributed by atoms with van der Waals surface area (Å²) in [6.07, 6.45) is 0. The molecule has 0 atom stereocenters. The molecule has 18 heavy (non-hydrogen) atoms. The Morgan fingerprint density at radius 1 is 1.11 bits per heavy atom. The highest BCUT2D eigenvalue weighted by Gasteiger charge is 2.20. The van der Waals surface area contributed by atoms with Crippen LogP contribution in [0.4, 0.5) is 0 Å². The van der Waals surface area contributed by atoms with E-state index in [0.717, 1.165) is 4.90 Å². The minimum atomic E-state index is -0.772. The molecule has 3 amide bonds. The van der Waals surface area contributed by atoms with Crippen molar-refractivity contribution in [3.8, 4) is 0 Å². The summed E-state index contributed by atoms with van der Waals surface area (Å²) in [5.74, 6) is -2.23. The van der Waals surface area contributed by atoms with Crippen LogP contribution in [-0.4, -0.2) is 45.9 Å². The lowest BCUT2D eigenvalue weighted by Crippen LogP contribution is -2.43. The molecule has 0 aliphatic carbocycles. The molecule has 1 heterocycles. The molecule has 0 spiro atoms. The fourth-order valence-corrected chi connectivity index (χ4v) is 1.27. The second kappa shape index (κ2) is 5.92. The van der Waals surface area contributed by atoms with E-state index in [1.54, 1.807) is 0 Å². The van der Waals surface area contributed by atoms with Gasteiger partial charge in [0, 0.05) is 0 Å². The first-order valence-electron chi connectivity index (χ1n) is 4.75. The Bertz CT molecular complexity index is 460. The summed E-state index contributed by atoms with van der Waals surface area (Å²) in [4.78, 5) is 34.4. The molecule has 0 saturated heterocycles. The maximum atomic E-state index is 11.9. The van der Waals surface area contributed by atoms with Gasteiger partial charge in [-0.1, -0.05) is 11.6 Å². The molecule has 96 valence electrons. The minimum Gasteiger partial charge on any atom is -0.368 e. The molecule has 9 heteroatoms. The minimum absolute atomic E-state index is 0.0677. The largest absolute Gasteiger partial charge is 0.368 e. The van der Waals surface area contributed by atoms with Crippen LogP contribution in [0.1, 0.15) is 10.5 Å². The predicted molar refractivity (Wildman–Crippen MR) is 61.3 cm³/mol. The van der Waals surface area contributed by atoms with Gasteiger partial charge < -0.3 is 16.4 Å². The van der Waals surface area contributed by atoms with E-state index in [-0.39, 0.29) is 10.8 Å². The van der Waals surface area contributed by atoms with E-state index in [0.29, 0.717) is 0 Å². The van der Waals surface area contributed by atoms with Gasteiger partial charge in [0.15, 0.2) is 10.8 Å². The van der Waals surface area contributed by atoms with Crippen LogP contribution in [0.3, 0.4) is 0 Å². The van der Waals surface area contributed by atoms with E-state index >= 15 is 0 Å². The van der Waals surface area contributed by atoms with Crippen LogP contribution in [0.5, 0.6) is 0 Å². The van der Waals surface area contributed by atoms with Gasteiger partial charge in [0.25, 0.3) is 5.91 Å². The van der Waals surface area contributed by atoms with E-state index < -0.39 is 30.8 Å². The van der Waals surface area contributed by atoms with Crippen LogP contribution in [-0.2, 0) is 9.59 Å². The first-order chi connectivity index (χ1) is 8.40. The highest BCUT2D eigenvalue weighted by molar-refractivity contribution is 6.29. The number of primary amides is 2. The lowest BCUT2D eigenvalue weighted by molar-refractivity contribution is -0.121. The average molecular weight is 272 g/mol. The number of amides is 3. The fraction of sp³-hybridized carbons (Fsp3) is 0.222. The topological polar surface area (TPSA) is 132 Å². The van der Waals surface area contributed by atoms with Crippen LogP contribution in [0.2, 0.25) is 5.15 Å². The normalized spacial score (nSPS) is 9.83. The third-order valence-electron chi connectivity index (χ3n) is 1.83. The Hall–Kier alpha value is -2.22. The fourth-order valence-electron chi connectivity index (χ4n) is 1.17. The van der Waals surface area contributed by atoms with Gasteiger partial charge in [-0.25, -0.2) is 0 Å². The molecule has 0 bridgehead atoms. The van der Waals surface area contributed by atoms with Gasteiger partial charge in [0.2, 0.25) is 11.8 Å². The zero-order chi connectivity index (χ0) is 13.7. The number of rotatable bonds is 5. The number of carbonyl (C=O) groups is 3. The number of nitrogens with two attached hydrogens (primary N) is 2. The van der Waals surface area contributed by atoms with Crippen molar-refractivity contribution in [3.63, 3.8) is 0 Å². The first kappa shape index (κ1) is 13.8. The Morgan fingerprint density at radius 3 is 2.06 bits per heavy atom. The third-order valence-corrected chi connectivity index (χ3v) is 2.03. The number of nitrogens with zero attached hydrogens (tertiary/aromatic N) is 3. The zero-order valence-corrected chi connectivity index (χ0v) is 9.92. The summed E-state index contributed by atoms with van der Waals surface area (Å²) < 4.78 is 0. The van der Waals surface area contributed by atoms with E-state index in [1.165, 1.54) is 12.1 Å². The summed E-state index contributed by atoms with van der Waals surface area (Å²) in [5, 5.41) is 7.13. The Balaban J connectivity index is 2.90. The predicted octanol–water partition coefficient (Wildman–Crippen LogP) is -1.46. The molecule has 0 radical (unpaired) electrons. The summed E-state index contributed by atoms with van der Waals surface area (Å²) in [5.41, 5.74) is 9.87. The molecule has 8 nitrogen and oxygen atoms in total. The van der Waals surface area contributed by atoms with E-state index in [1.807, 2.05) is 0 Å². The molecule has 0 aromatic carbocycles. The van der Waals surface area contributed by atoms with Crippen molar-refractivity contribution in [2.45, 2.75) is 0 Å². The molecule has 0 saturated carbocycles. The van der Waals surface area contributed by atoms with Gasteiger partial charge in [0.1, 0.15) is 13.1 Å². The van der Waals surface area contributed by atoms with Crippen molar-refractivity contribution >= 4 is 29.3 Å². The Labute approximate surface area is 107 Å². The van der Waals surface area contributed by atoms with E-state index in [4.69, 9.17) is 23.1 Å². The summed E-state index contributed by atoms with van der Waals surface area (Å²) >= 11 is 5.52. The number of hydrogen-bond acceptors (Lipinski definition) is 5. The van der Waals surface area contributed by atoms with Crippen molar-refractivity contribution < 1.29 is 14.4 Å². The lowest BCUT2D eigenvalue weighted by Gasteiger charge is -2.18. The maximum Gasteiger partial charge on any atom is 0.275 e. The lowest BCUT2D eigenvalue weighted by atomic mass is 10.3. The van der Waals surface area contributed by atoms with Crippen molar-refractivity contribution in [1.82, 2.24) is 15.1 Å². The Kier molecular flexibility index (Phi) is 4.55. The highest BCUT2D eigenvalue weighted by Crippen LogP contribution is 2.05. The Morgan fingerprint density at radius 2 is 1.67 bits per heavy atom. The number of halogens is 1. The third kappa shape index (κ3) is 3.98. The van der Waals surface area contributed by atoms with Gasteiger partial charge in [-0.15, -0.1) is 10.2 Å². The van der Waals surface area contributed by atoms with Gasteiger partial charge in [0.05, 0.1) is 0 Å². The van der Waals surface area contributed by atoms with E-state index in [9.17, 15) is 14.4 Å². The molecule has 0 unspecified atom stereocenters. The SMILES string of the molecule is NC(=O)CN(CC(N)=O)C(=O)c1ccc(Cl)nn1. The van der Waals surface area contributed by atoms with Gasteiger partial charge in [-0.05, 0) is 12.1 Å². The van der Waals surface area contributed by atoms with E-state index in [2.05, 4.69) is 10.2 Å². The standard InChI is InChI=1S/C9H10ClN5O3/c10-6-2-1-5(13-14-6)9(18)15(3-7(11)16)4-8(12)17/h1-2H,3-4H2,(H2,11,16)(H2,12,17). The highest BCUT2D eigenvalue weighted by atomic mass is 35.5. The molecule has 1 aromatic rings. The molecule has 1 rings (SSSR count). The van der Waals surface area contributed by atoms with Crippen molar-refractivity contribution in [2.24, 2.45) is 11.5 Å². The number of hydrogen-bond donors (Lipinski definition) is 2. The second-order valence-electron chi connectivity index (χ2n) is 3.34. The van der Waals surface area contributed by atoms with Crippen molar-refractivity contribution in [1.29, 1.82) is 0 Å². The quantitative estimate of drug-likeness (QED) is 0.675. The first-order valence-corrected chi connectivity index (χ1v) is 5.13. The zero-order valence-electron chi connectivity index (χ0n) is 9.17. The molecule has 0 aliphatic heterocycles. The van der Waals surface area contributed by atoms with Crippen LogP contribution in [0, 0.1) is 0 Å². The van der Waals surface area contributed by atoms with Crippen molar-refractivity contribution in [3.05, 3.63) is 23.0 Å².